The SMILES string of the molecule is CC(CNC1CC1)C(C)Cc1cccc(F)c1F. The van der Waals surface area contributed by atoms with Crippen molar-refractivity contribution < 1.29 is 8.78 Å². The molecule has 1 aromatic rings. The van der Waals surface area contributed by atoms with Crippen molar-refractivity contribution in [1.29, 1.82) is 0 Å². The second-order valence-electron chi connectivity index (χ2n) is 5.55. The Kier molecular flexibility index (Phi) is 4.33. The summed E-state index contributed by atoms with van der Waals surface area (Å²) in [4.78, 5) is 0. The van der Waals surface area contributed by atoms with E-state index in [0.29, 0.717) is 29.9 Å². The van der Waals surface area contributed by atoms with E-state index in [1.54, 1.807) is 12.1 Å². The lowest BCUT2D eigenvalue weighted by Crippen LogP contribution is -2.27. The summed E-state index contributed by atoms with van der Waals surface area (Å²) in [6, 6.07) is 5.12. The minimum Gasteiger partial charge on any atom is -0.314 e. The normalized spacial score (nSPS) is 18.7. The summed E-state index contributed by atoms with van der Waals surface area (Å²) in [5, 5.41) is 3.48. The van der Waals surface area contributed by atoms with E-state index in [2.05, 4.69) is 19.2 Å². The van der Waals surface area contributed by atoms with Crippen LogP contribution in [0.5, 0.6) is 0 Å². The topological polar surface area (TPSA) is 12.0 Å². The molecular formula is C15H21F2N. The van der Waals surface area contributed by atoms with Gasteiger partial charge in [-0.3, -0.25) is 0 Å². The summed E-state index contributed by atoms with van der Waals surface area (Å²) in [5.74, 6) is -0.629. The van der Waals surface area contributed by atoms with Crippen LogP contribution < -0.4 is 5.32 Å². The maximum Gasteiger partial charge on any atom is 0.162 e. The van der Waals surface area contributed by atoms with Crippen molar-refractivity contribution in [3.05, 3.63) is 35.4 Å². The highest BCUT2D eigenvalue weighted by atomic mass is 19.2. The fraction of sp³-hybridized carbons (Fsp3) is 0.600. The van der Waals surface area contributed by atoms with Gasteiger partial charge >= 0.3 is 0 Å². The molecule has 0 spiro atoms. The van der Waals surface area contributed by atoms with Gasteiger partial charge in [0, 0.05) is 6.04 Å². The Bertz CT molecular complexity index is 401. The molecule has 1 saturated carbocycles. The van der Waals surface area contributed by atoms with Gasteiger partial charge < -0.3 is 5.32 Å². The molecule has 2 unspecified atom stereocenters. The van der Waals surface area contributed by atoms with Crippen molar-refractivity contribution in [2.24, 2.45) is 11.8 Å². The lowest BCUT2D eigenvalue weighted by molar-refractivity contribution is 0.358. The zero-order chi connectivity index (χ0) is 13.1. The van der Waals surface area contributed by atoms with E-state index >= 15 is 0 Å². The van der Waals surface area contributed by atoms with Gasteiger partial charge in [-0.1, -0.05) is 26.0 Å². The number of rotatable bonds is 6. The summed E-state index contributed by atoms with van der Waals surface area (Å²) >= 11 is 0. The molecule has 1 aromatic carbocycles. The first-order valence-corrected chi connectivity index (χ1v) is 6.74. The molecule has 2 atom stereocenters. The molecule has 0 aromatic heterocycles. The first kappa shape index (κ1) is 13.5. The molecule has 0 amide bonds. The molecule has 0 radical (unpaired) electrons. The van der Waals surface area contributed by atoms with Gasteiger partial charge in [0.1, 0.15) is 0 Å². The molecule has 0 aliphatic heterocycles. The average molecular weight is 253 g/mol. The molecule has 1 aliphatic rings. The smallest absolute Gasteiger partial charge is 0.162 e. The molecule has 0 saturated heterocycles. The van der Waals surface area contributed by atoms with Gasteiger partial charge in [0.15, 0.2) is 11.6 Å². The Labute approximate surface area is 108 Å². The number of benzene rings is 1. The highest BCUT2D eigenvalue weighted by Gasteiger charge is 2.22. The van der Waals surface area contributed by atoms with E-state index in [0.717, 1.165) is 6.54 Å². The van der Waals surface area contributed by atoms with Crippen LogP contribution in [0, 0.1) is 23.5 Å². The van der Waals surface area contributed by atoms with Crippen LogP contribution >= 0.6 is 0 Å². The summed E-state index contributed by atoms with van der Waals surface area (Å²) < 4.78 is 26.7. The van der Waals surface area contributed by atoms with Crippen LogP contribution in [0.2, 0.25) is 0 Å². The van der Waals surface area contributed by atoms with Crippen molar-refractivity contribution in [2.45, 2.75) is 39.2 Å². The van der Waals surface area contributed by atoms with Crippen molar-refractivity contribution in [3.63, 3.8) is 0 Å². The monoisotopic (exact) mass is 253 g/mol. The molecule has 1 fully saturated rings. The third-order valence-electron chi connectivity index (χ3n) is 3.85. The van der Waals surface area contributed by atoms with Gasteiger partial charge in [0.25, 0.3) is 0 Å². The van der Waals surface area contributed by atoms with E-state index in [1.807, 2.05) is 0 Å². The molecule has 0 bridgehead atoms. The van der Waals surface area contributed by atoms with Crippen LogP contribution in [-0.2, 0) is 6.42 Å². The van der Waals surface area contributed by atoms with Gasteiger partial charge in [0.2, 0.25) is 0 Å². The van der Waals surface area contributed by atoms with Crippen LogP contribution in [0.3, 0.4) is 0 Å². The Morgan fingerprint density at radius 1 is 1.22 bits per heavy atom. The van der Waals surface area contributed by atoms with Gasteiger partial charge in [-0.05, 0) is 49.3 Å². The number of hydrogen-bond acceptors (Lipinski definition) is 1. The fourth-order valence-corrected chi connectivity index (χ4v) is 2.10. The molecular weight excluding hydrogens is 232 g/mol. The molecule has 1 nitrogen and oxygen atoms in total. The third kappa shape index (κ3) is 3.52. The van der Waals surface area contributed by atoms with Gasteiger partial charge in [-0.25, -0.2) is 8.78 Å². The van der Waals surface area contributed by atoms with Gasteiger partial charge in [-0.2, -0.15) is 0 Å². The highest BCUT2D eigenvalue weighted by Crippen LogP contribution is 2.22. The first-order valence-electron chi connectivity index (χ1n) is 6.74. The molecule has 2 rings (SSSR count). The molecule has 1 aliphatic carbocycles. The third-order valence-corrected chi connectivity index (χ3v) is 3.85. The summed E-state index contributed by atoms with van der Waals surface area (Å²) in [6.45, 7) is 5.23. The van der Waals surface area contributed by atoms with E-state index < -0.39 is 11.6 Å². The second kappa shape index (κ2) is 5.79. The first-order chi connectivity index (χ1) is 8.58. The van der Waals surface area contributed by atoms with Crippen molar-refractivity contribution in [3.8, 4) is 0 Å². The molecule has 1 N–H and O–H groups in total. The average Bonchev–Trinajstić information content (AvgIpc) is 3.16. The van der Waals surface area contributed by atoms with Crippen LogP contribution in [0.1, 0.15) is 32.3 Å². The Morgan fingerprint density at radius 3 is 2.61 bits per heavy atom. The highest BCUT2D eigenvalue weighted by molar-refractivity contribution is 5.19. The Balaban J connectivity index is 1.88. The summed E-state index contributed by atoms with van der Waals surface area (Å²) in [7, 11) is 0. The molecule has 3 heteroatoms. The van der Waals surface area contributed by atoms with Gasteiger partial charge in [0.05, 0.1) is 0 Å². The summed E-state index contributed by atoms with van der Waals surface area (Å²) in [5.41, 5.74) is 0.487. The van der Waals surface area contributed by atoms with Crippen LogP contribution in [0.4, 0.5) is 8.78 Å². The number of nitrogens with one attached hydrogen (secondary N) is 1. The molecule has 100 valence electrons. The minimum absolute atomic E-state index is 0.340. The zero-order valence-electron chi connectivity index (χ0n) is 11.0. The fourth-order valence-electron chi connectivity index (χ4n) is 2.10. The van der Waals surface area contributed by atoms with E-state index in [1.165, 1.54) is 18.9 Å². The quantitative estimate of drug-likeness (QED) is 0.817. The predicted octanol–water partition coefficient (Wildman–Crippen LogP) is 3.53. The number of halogens is 2. The Hall–Kier alpha value is -0.960. The van der Waals surface area contributed by atoms with Crippen molar-refractivity contribution >= 4 is 0 Å². The minimum atomic E-state index is -0.747. The van der Waals surface area contributed by atoms with Crippen LogP contribution in [0.15, 0.2) is 18.2 Å². The predicted molar refractivity (Wildman–Crippen MR) is 69.4 cm³/mol. The van der Waals surface area contributed by atoms with E-state index in [9.17, 15) is 8.78 Å². The van der Waals surface area contributed by atoms with Gasteiger partial charge in [-0.15, -0.1) is 0 Å². The standard InChI is InChI=1S/C15H21F2N/c1-10(11(2)9-18-13-6-7-13)8-12-4-3-5-14(16)15(12)17/h3-5,10-11,13,18H,6-9H2,1-2H3. The zero-order valence-corrected chi connectivity index (χ0v) is 11.0. The van der Waals surface area contributed by atoms with Crippen molar-refractivity contribution in [1.82, 2.24) is 5.32 Å². The Morgan fingerprint density at radius 2 is 1.94 bits per heavy atom. The summed E-state index contributed by atoms with van der Waals surface area (Å²) in [6.07, 6.45) is 3.15. The molecule has 0 heterocycles. The molecule has 18 heavy (non-hydrogen) atoms. The lowest BCUT2D eigenvalue weighted by Gasteiger charge is -2.20. The van der Waals surface area contributed by atoms with E-state index in [-0.39, 0.29) is 0 Å². The van der Waals surface area contributed by atoms with Crippen LogP contribution in [0.25, 0.3) is 0 Å². The largest absolute Gasteiger partial charge is 0.314 e. The second-order valence-corrected chi connectivity index (χ2v) is 5.55. The maximum atomic E-state index is 13.6. The van der Waals surface area contributed by atoms with Crippen LogP contribution in [-0.4, -0.2) is 12.6 Å². The lowest BCUT2D eigenvalue weighted by atomic mass is 9.89. The van der Waals surface area contributed by atoms with E-state index in [4.69, 9.17) is 0 Å². The number of hydrogen-bond donors (Lipinski definition) is 1. The van der Waals surface area contributed by atoms with Crippen molar-refractivity contribution in [2.75, 3.05) is 6.54 Å². The maximum absolute atomic E-state index is 13.6.